The van der Waals surface area contributed by atoms with Gasteiger partial charge in [0, 0.05) is 6.42 Å². The first-order valence-electron chi connectivity index (χ1n) is 6.41. The van der Waals surface area contributed by atoms with Crippen LogP contribution in [0.3, 0.4) is 0 Å². The number of benzene rings is 1. The van der Waals surface area contributed by atoms with Crippen molar-refractivity contribution in [1.29, 1.82) is 0 Å². The molecule has 0 spiro atoms. The molecule has 7 nitrogen and oxygen atoms in total. The molecule has 0 aliphatic carbocycles. The zero-order valence-electron chi connectivity index (χ0n) is 11.7. The molecule has 2 unspecified atom stereocenters. The van der Waals surface area contributed by atoms with E-state index < -0.39 is 29.4 Å². The molecule has 6 N–H and O–H groups in total. The second-order valence-corrected chi connectivity index (χ2v) is 4.94. The first-order valence-corrected chi connectivity index (χ1v) is 6.41. The largest absolute Gasteiger partial charge is 0.480 e. The zero-order chi connectivity index (χ0) is 16.0. The van der Waals surface area contributed by atoms with Gasteiger partial charge in [0.1, 0.15) is 11.6 Å². The fourth-order valence-corrected chi connectivity index (χ4v) is 1.77. The summed E-state index contributed by atoms with van der Waals surface area (Å²) in [6, 6.07) is 7.39. The maximum absolute atomic E-state index is 12.2. The molecule has 1 aromatic carbocycles. The van der Waals surface area contributed by atoms with E-state index >= 15 is 0 Å². The lowest BCUT2D eigenvalue weighted by atomic mass is 9.92. The molecule has 1 aromatic rings. The third-order valence-electron chi connectivity index (χ3n) is 3.13. The van der Waals surface area contributed by atoms with Crippen molar-refractivity contribution in [3.63, 3.8) is 0 Å². The fourth-order valence-electron chi connectivity index (χ4n) is 1.77. The summed E-state index contributed by atoms with van der Waals surface area (Å²) in [5, 5.41) is 11.4. The van der Waals surface area contributed by atoms with E-state index in [2.05, 4.69) is 5.32 Å². The van der Waals surface area contributed by atoms with E-state index in [-0.39, 0.29) is 12.8 Å². The van der Waals surface area contributed by atoms with Gasteiger partial charge in [-0.15, -0.1) is 0 Å². The fraction of sp³-hybridized carbons (Fsp3) is 0.357. The molecule has 0 aromatic heterocycles. The van der Waals surface area contributed by atoms with Crippen LogP contribution >= 0.6 is 0 Å². The van der Waals surface area contributed by atoms with Gasteiger partial charge in [0.15, 0.2) is 0 Å². The van der Waals surface area contributed by atoms with Crippen molar-refractivity contribution in [3.8, 4) is 0 Å². The third kappa shape index (κ3) is 4.57. The molecule has 0 saturated heterocycles. The average Bonchev–Trinajstić information content (AvgIpc) is 2.43. The zero-order valence-corrected chi connectivity index (χ0v) is 11.7. The molecule has 0 aliphatic rings. The van der Waals surface area contributed by atoms with E-state index in [0.717, 1.165) is 0 Å². The molecule has 21 heavy (non-hydrogen) atoms. The standard InChI is InChI=1S/C14H19N3O4/c1-14(16,9-5-3-2-4-6-9)13(21)17-10(12(19)20)7-8-11(15)18/h2-6,10H,7-8,16H2,1H3,(H2,15,18)(H,17,21)(H,19,20). The number of nitrogens with two attached hydrogens (primary N) is 2. The number of primary amides is 1. The Hall–Kier alpha value is -2.41. The summed E-state index contributed by atoms with van der Waals surface area (Å²) >= 11 is 0. The van der Waals surface area contributed by atoms with Gasteiger partial charge in [-0.05, 0) is 18.9 Å². The molecular formula is C14H19N3O4. The Morgan fingerprint density at radius 2 is 1.86 bits per heavy atom. The van der Waals surface area contributed by atoms with Gasteiger partial charge >= 0.3 is 5.97 Å². The lowest BCUT2D eigenvalue weighted by molar-refractivity contribution is -0.143. The quantitative estimate of drug-likeness (QED) is 0.547. The van der Waals surface area contributed by atoms with E-state index in [4.69, 9.17) is 16.6 Å². The lowest BCUT2D eigenvalue weighted by Crippen LogP contribution is -2.53. The van der Waals surface area contributed by atoms with Gasteiger partial charge in [-0.2, -0.15) is 0 Å². The number of carbonyl (C=O) groups is 3. The number of carbonyl (C=O) groups excluding carboxylic acids is 2. The molecule has 1 rings (SSSR count). The van der Waals surface area contributed by atoms with E-state index in [0.29, 0.717) is 5.56 Å². The van der Waals surface area contributed by atoms with Crippen molar-refractivity contribution in [2.75, 3.05) is 0 Å². The molecule has 114 valence electrons. The lowest BCUT2D eigenvalue weighted by Gasteiger charge is -2.26. The highest BCUT2D eigenvalue weighted by molar-refractivity contribution is 5.90. The monoisotopic (exact) mass is 293 g/mol. The van der Waals surface area contributed by atoms with Gasteiger partial charge in [-0.25, -0.2) is 4.79 Å². The molecule has 7 heteroatoms. The number of amides is 2. The molecular weight excluding hydrogens is 274 g/mol. The van der Waals surface area contributed by atoms with Crippen LogP contribution in [-0.4, -0.2) is 28.9 Å². The Kier molecular flexibility index (Phi) is 5.43. The van der Waals surface area contributed by atoms with Gasteiger partial charge in [-0.1, -0.05) is 30.3 Å². The normalized spacial score (nSPS) is 14.8. The summed E-state index contributed by atoms with van der Waals surface area (Å²) in [6.45, 7) is 1.49. The topological polar surface area (TPSA) is 136 Å². The highest BCUT2D eigenvalue weighted by atomic mass is 16.4. The second kappa shape index (κ2) is 6.85. The van der Waals surface area contributed by atoms with E-state index in [1.54, 1.807) is 30.3 Å². The van der Waals surface area contributed by atoms with Crippen molar-refractivity contribution in [3.05, 3.63) is 35.9 Å². The van der Waals surface area contributed by atoms with Crippen LogP contribution in [-0.2, 0) is 19.9 Å². The van der Waals surface area contributed by atoms with Crippen LogP contribution in [0, 0.1) is 0 Å². The second-order valence-electron chi connectivity index (χ2n) is 4.94. The predicted octanol–water partition coefficient (Wildman–Crippen LogP) is -0.305. The Labute approximate surface area is 122 Å². The molecule has 0 saturated carbocycles. The minimum Gasteiger partial charge on any atom is -0.480 e. The van der Waals surface area contributed by atoms with Crippen LogP contribution in [0.25, 0.3) is 0 Å². The average molecular weight is 293 g/mol. The molecule has 0 heterocycles. The summed E-state index contributed by atoms with van der Waals surface area (Å²) in [7, 11) is 0. The van der Waals surface area contributed by atoms with Crippen LogP contribution in [0.5, 0.6) is 0 Å². The smallest absolute Gasteiger partial charge is 0.326 e. The Balaban J connectivity index is 2.81. The number of aliphatic carboxylic acids is 1. The predicted molar refractivity (Wildman–Crippen MR) is 76.0 cm³/mol. The summed E-state index contributed by atoms with van der Waals surface area (Å²) < 4.78 is 0. The number of rotatable bonds is 7. The van der Waals surface area contributed by atoms with Crippen LogP contribution in [0.4, 0.5) is 0 Å². The molecule has 2 amide bonds. The number of nitrogens with one attached hydrogen (secondary N) is 1. The molecule has 0 aliphatic heterocycles. The minimum atomic E-state index is -1.37. The first kappa shape index (κ1) is 16.6. The maximum atomic E-state index is 12.2. The number of carboxylic acid groups (broad SMARTS) is 1. The Bertz CT molecular complexity index is 528. The van der Waals surface area contributed by atoms with Crippen LogP contribution in [0.15, 0.2) is 30.3 Å². The van der Waals surface area contributed by atoms with Crippen LogP contribution in [0.1, 0.15) is 25.3 Å². The van der Waals surface area contributed by atoms with Crippen LogP contribution < -0.4 is 16.8 Å². The van der Waals surface area contributed by atoms with Gasteiger partial charge < -0.3 is 21.9 Å². The summed E-state index contributed by atoms with van der Waals surface area (Å²) in [5.41, 5.74) is 10.2. The van der Waals surface area contributed by atoms with Crippen molar-refractivity contribution >= 4 is 17.8 Å². The van der Waals surface area contributed by atoms with Crippen molar-refractivity contribution in [1.82, 2.24) is 5.32 Å². The molecule has 0 radical (unpaired) electrons. The Morgan fingerprint density at radius 3 is 2.33 bits per heavy atom. The summed E-state index contributed by atoms with van der Waals surface area (Å²) in [5.74, 6) is -2.51. The summed E-state index contributed by atoms with van der Waals surface area (Å²) in [6.07, 6.45) is -0.217. The van der Waals surface area contributed by atoms with E-state index in [9.17, 15) is 14.4 Å². The van der Waals surface area contributed by atoms with E-state index in [1.807, 2.05) is 0 Å². The number of hydrogen-bond acceptors (Lipinski definition) is 4. The van der Waals surface area contributed by atoms with Crippen molar-refractivity contribution in [2.45, 2.75) is 31.3 Å². The molecule has 0 bridgehead atoms. The SMILES string of the molecule is CC(N)(C(=O)NC(CCC(N)=O)C(=O)O)c1ccccc1. The maximum Gasteiger partial charge on any atom is 0.326 e. The van der Waals surface area contributed by atoms with Gasteiger partial charge in [0.05, 0.1) is 0 Å². The van der Waals surface area contributed by atoms with Crippen molar-refractivity contribution in [2.24, 2.45) is 11.5 Å². The molecule has 0 fully saturated rings. The number of carboxylic acids is 1. The number of hydrogen-bond donors (Lipinski definition) is 4. The highest BCUT2D eigenvalue weighted by Gasteiger charge is 2.33. The minimum absolute atomic E-state index is 0.0821. The molecule has 2 atom stereocenters. The van der Waals surface area contributed by atoms with E-state index in [1.165, 1.54) is 6.92 Å². The van der Waals surface area contributed by atoms with Crippen LogP contribution in [0.2, 0.25) is 0 Å². The van der Waals surface area contributed by atoms with Gasteiger partial charge in [0.25, 0.3) is 0 Å². The third-order valence-corrected chi connectivity index (χ3v) is 3.13. The first-order chi connectivity index (χ1) is 9.75. The van der Waals surface area contributed by atoms with Gasteiger partial charge in [0.2, 0.25) is 11.8 Å². The highest BCUT2D eigenvalue weighted by Crippen LogP contribution is 2.18. The van der Waals surface area contributed by atoms with Crippen molar-refractivity contribution < 1.29 is 19.5 Å². The van der Waals surface area contributed by atoms with Gasteiger partial charge in [-0.3, -0.25) is 9.59 Å². The summed E-state index contributed by atoms with van der Waals surface area (Å²) in [4.78, 5) is 34.0. The Morgan fingerprint density at radius 1 is 1.29 bits per heavy atom.